The molecule has 1 N–H and O–H groups in total. The van der Waals surface area contributed by atoms with Gasteiger partial charge in [0, 0.05) is 24.9 Å². The maximum Gasteiger partial charge on any atom is 0.159 e. The first-order valence-electron chi connectivity index (χ1n) is 7.20. The lowest BCUT2D eigenvalue weighted by molar-refractivity contribution is 0.0875. The van der Waals surface area contributed by atoms with Crippen molar-refractivity contribution in [1.82, 2.24) is 9.97 Å². The van der Waals surface area contributed by atoms with Gasteiger partial charge in [-0.1, -0.05) is 27.2 Å². The SMILES string of the molecule is CCCC(OC)c1nc(C)c(C(C)C)c(NCC)n1. The molecule has 1 atom stereocenters. The summed E-state index contributed by atoms with van der Waals surface area (Å²) in [6.45, 7) is 11.5. The Hall–Kier alpha value is -1.16. The van der Waals surface area contributed by atoms with Gasteiger partial charge in [0.1, 0.15) is 11.9 Å². The Morgan fingerprint density at radius 1 is 1.21 bits per heavy atom. The van der Waals surface area contributed by atoms with E-state index in [9.17, 15) is 0 Å². The van der Waals surface area contributed by atoms with E-state index in [4.69, 9.17) is 4.74 Å². The topological polar surface area (TPSA) is 47.0 Å². The van der Waals surface area contributed by atoms with Crippen LogP contribution >= 0.6 is 0 Å². The molecule has 0 aliphatic carbocycles. The summed E-state index contributed by atoms with van der Waals surface area (Å²) in [6.07, 6.45) is 1.99. The molecule has 1 unspecified atom stereocenters. The van der Waals surface area contributed by atoms with Crippen LogP contribution in [-0.2, 0) is 4.74 Å². The third-order valence-electron chi connectivity index (χ3n) is 3.20. The Balaban J connectivity index is 3.22. The van der Waals surface area contributed by atoms with E-state index in [0.29, 0.717) is 5.92 Å². The van der Waals surface area contributed by atoms with Crippen molar-refractivity contribution >= 4 is 5.82 Å². The average molecular weight is 265 g/mol. The molecule has 0 amide bonds. The zero-order valence-electron chi connectivity index (χ0n) is 13.1. The van der Waals surface area contributed by atoms with Gasteiger partial charge >= 0.3 is 0 Å². The van der Waals surface area contributed by atoms with E-state index >= 15 is 0 Å². The number of methoxy groups -OCH3 is 1. The van der Waals surface area contributed by atoms with Crippen LogP contribution in [0.3, 0.4) is 0 Å². The number of aromatic nitrogens is 2. The summed E-state index contributed by atoms with van der Waals surface area (Å²) in [5, 5.41) is 3.35. The van der Waals surface area contributed by atoms with Gasteiger partial charge in [-0.2, -0.15) is 0 Å². The van der Waals surface area contributed by atoms with E-state index in [1.54, 1.807) is 7.11 Å². The van der Waals surface area contributed by atoms with Gasteiger partial charge in [-0.15, -0.1) is 0 Å². The van der Waals surface area contributed by atoms with Crippen molar-refractivity contribution in [3.63, 3.8) is 0 Å². The molecule has 4 heteroatoms. The summed E-state index contributed by atoms with van der Waals surface area (Å²) in [5.41, 5.74) is 2.26. The van der Waals surface area contributed by atoms with Crippen LogP contribution in [0.15, 0.2) is 0 Å². The molecule has 0 bridgehead atoms. The number of rotatable bonds is 7. The summed E-state index contributed by atoms with van der Waals surface area (Å²) >= 11 is 0. The predicted octanol–water partition coefficient (Wildman–Crippen LogP) is 3.83. The van der Waals surface area contributed by atoms with Crippen LogP contribution in [0.1, 0.15) is 69.6 Å². The molecule has 1 aromatic rings. The van der Waals surface area contributed by atoms with Crippen LogP contribution in [0.2, 0.25) is 0 Å². The lowest BCUT2D eigenvalue weighted by Gasteiger charge is -2.19. The summed E-state index contributed by atoms with van der Waals surface area (Å²) < 4.78 is 5.51. The van der Waals surface area contributed by atoms with Gasteiger partial charge in [0.25, 0.3) is 0 Å². The van der Waals surface area contributed by atoms with Crippen LogP contribution in [-0.4, -0.2) is 23.6 Å². The van der Waals surface area contributed by atoms with Gasteiger partial charge in [-0.25, -0.2) is 9.97 Å². The molecule has 0 aliphatic heterocycles. The lowest BCUT2D eigenvalue weighted by Crippen LogP contribution is -2.14. The number of hydrogen-bond acceptors (Lipinski definition) is 4. The Kier molecular flexibility index (Phi) is 6.22. The van der Waals surface area contributed by atoms with E-state index in [0.717, 1.165) is 36.7 Å². The smallest absolute Gasteiger partial charge is 0.159 e. The standard InChI is InChI=1S/C15H27N3O/c1-7-9-12(19-6)14-17-11(5)13(10(3)4)15(18-14)16-8-2/h10,12H,7-9H2,1-6H3,(H,16,17,18). The molecule has 0 saturated heterocycles. The van der Waals surface area contributed by atoms with Gasteiger partial charge in [-0.05, 0) is 26.2 Å². The van der Waals surface area contributed by atoms with Crippen molar-refractivity contribution in [1.29, 1.82) is 0 Å². The van der Waals surface area contributed by atoms with Crippen LogP contribution in [0.5, 0.6) is 0 Å². The summed E-state index contributed by atoms with van der Waals surface area (Å²) in [5.74, 6) is 2.16. The monoisotopic (exact) mass is 265 g/mol. The number of hydrogen-bond donors (Lipinski definition) is 1. The maximum absolute atomic E-state index is 5.51. The highest BCUT2D eigenvalue weighted by Crippen LogP contribution is 2.28. The summed E-state index contributed by atoms with van der Waals surface area (Å²) in [4.78, 5) is 9.34. The first-order valence-corrected chi connectivity index (χ1v) is 7.20. The number of nitrogens with one attached hydrogen (secondary N) is 1. The van der Waals surface area contributed by atoms with Crippen LogP contribution in [0, 0.1) is 6.92 Å². The van der Waals surface area contributed by atoms with Crippen molar-refractivity contribution in [2.24, 2.45) is 0 Å². The van der Waals surface area contributed by atoms with Gasteiger partial charge in [0.05, 0.1) is 0 Å². The number of anilines is 1. The minimum absolute atomic E-state index is 0.0117. The van der Waals surface area contributed by atoms with Crippen molar-refractivity contribution in [3.05, 3.63) is 17.1 Å². The fourth-order valence-electron chi connectivity index (χ4n) is 2.36. The second-order valence-electron chi connectivity index (χ2n) is 5.13. The van der Waals surface area contributed by atoms with Crippen molar-refractivity contribution in [3.8, 4) is 0 Å². The quantitative estimate of drug-likeness (QED) is 0.814. The molecule has 4 nitrogen and oxygen atoms in total. The van der Waals surface area contributed by atoms with Crippen LogP contribution < -0.4 is 5.32 Å². The molecular formula is C15H27N3O. The van der Waals surface area contributed by atoms with E-state index in [1.807, 2.05) is 0 Å². The molecule has 1 rings (SSSR count). The molecule has 0 saturated carbocycles. The number of nitrogens with zero attached hydrogens (tertiary/aromatic N) is 2. The Labute approximate surface area is 117 Å². The van der Waals surface area contributed by atoms with Crippen molar-refractivity contribution in [2.45, 2.75) is 59.5 Å². The highest BCUT2D eigenvalue weighted by molar-refractivity contribution is 5.48. The van der Waals surface area contributed by atoms with Gasteiger partial charge in [0.15, 0.2) is 5.82 Å². The van der Waals surface area contributed by atoms with Gasteiger partial charge in [0.2, 0.25) is 0 Å². The Morgan fingerprint density at radius 3 is 2.37 bits per heavy atom. The fourth-order valence-corrected chi connectivity index (χ4v) is 2.36. The molecule has 0 fully saturated rings. The fraction of sp³-hybridized carbons (Fsp3) is 0.733. The molecular weight excluding hydrogens is 238 g/mol. The molecule has 1 heterocycles. The Bertz CT molecular complexity index is 405. The summed E-state index contributed by atoms with van der Waals surface area (Å²) in [6, 6.07) is 0. The van der Waals surface area contributed by atoms with Crippen LogP contribution in [0.25, 0.3) is 0 Å². The normalized spacial score (nSPS) is 12.8. The molecule has 0 radical (unpaired) electrons. The third-order valence-corrected chi connectivity index (χ3v) is 3.20. The van der Waals surface area contributed by atoms with E-state index in [1.165, 1.54) is 5.56 Å². The van der Waals surface area contributed by atoms with Crippen molar-refractivity contribution in [2.75, 3.05) is 19.0 Å². The number of aryl methyl sites for hydroxylation is 1. The average Bonchev–Trinajstić information content (AvgIpc) is 2.35. The first-order chi connectivity index (χ1) is 9.04. The lowest BCUT2D eigenvalue weighted by atomic mass is 10.0. The van der Waals surface area contributed by atoms with Crippen molar-refractivity contribution < 1.29 is 4.74 Å². The molecule has 19 heavy (non-hydrogen) atoms. The molecule has 0 aromatic carbocycles. The number of ether oxygens (including phenoxy) is 1. The minimum Gasteiger partial charge on any atom is -0.373 e. The van der Waals surface area contributed by atoms with Gasteiger partial charge in [-0.3, -0.25) is 0 Å². The molecule has 108 valence electrons. The zero-order valence-corrected chi connectivity index (χ0v) is 13.1. The molecule has 1 aromatic heterocycles. The van der Waals surface area contributed by atoms with E-state index < -0.39 is 0 Å². The summed E-state index contributed by atoms with van der Waals surface area (Å²) in [7, 11) is 1.72. The highest BCUT2D eigenvalue weighted by Gasteiger charge is 2.19. The van der Waals surface area contributed by atoms with E-state index in [-0.39, 0.29) is 6.10 Å². The largest absolute Gasteiger partial charge is 0.373 e. The zero-order chi connectivity index (χ0) is 14.4. The molecule has 0 aliphatic rings. The predicted molar refractivity (Wildman–Crippen MR) is 79.7 cm³/mol. The second-order valence-corrected chi connectivity index (χ2v) is 5.13. The first kappa shape index (κ1) is 15.9. The molecule has 0 spiro atoms. The van der Waals surface area contributed by atoms with Gasteiger partial charge < -0.3 is 10.1 Å². The van der Waals surface area contributed by atoms with E-state index in [2.05, 4.69) is 49.9 Å². The maximum atomic E-state index is 5.51. The second kappa shape index (κ2) is 7.43. The van der Waals surface area contributed by atoms with Crippen LogP contribution in [0.4, 0.5) is 5.82 Å². The Morgan fingerprint density at radius 2 is 1.89 bits per heavy atom. The third kappa shape index (κ3) is 3.90. The minimum atomic E-state index is -0.0117. The highest BCUT2D eigenvalue weighted by atomic mass is 16.5.